The van der Waals surface area contributed by atoms with E-state index >= 15 is 0 Å². The maximum Gasteiger partial charge on any atom is 0.271 e. The number of hydrogen-bond donors (Lipinski definition) is 1. The van der Waals surface area contributed by atoms with Crippen LogP contribution >= 0.6 is 0 Å². The van der Waals surface area contributed by atoms with E-state index in [0.717, 1.165) is 23.0 Å². The first-order chi connectivity index (χ1) is 11.9. The molecule has 0 fully saturated rings. The molecule has 0 aliphatic rings. The lowest BCUT2D eigenvalue weighted by atomic mass is 9.95. The van der Waals surface area contributed by atoms with Gasteiger partial charge in [-0.2, -0.15) is 5.26 Å². The topological polar surface area (TPSA) is 83.1 Å². The zero-order valence-corrected chi connectivity index (χ0v) is 14.8. The van der Waals surface area contributed by atoms with Gasteiger partial charge >= 0.3 is 0 Å². The van der Waals surface area contributed by atoms with Gasteiger partial charge in [-0.05, 0) is 31.4 Å². The molecule has 5 heteroatoms. The van der Waals surface area contributed by atoms with Crippen LogP contribution in [0.15, 0.2) is 29.1 Å². The summed E-state index contributed by atoms with van der Waals surface area (Å²) >= 11 is 0. The van der Waals surface area contributed by atoms with E-state index in [2.05, 4.69) is 0 Å². The fraction of sp³-hybridized carbons (Fsp3) is 0.350. The highest BCUT2D eigenvalue weighted by Crippen LogP contribution is 2.26. The van der Waals surface area contributed by atoms with E-state index in [0.29, 0.717) is 12.0 Å². The molecular weight excluding hydrogens is 316 g/mol. The van der Waals surface area contributed by atoms with E-state index < -0.39 is 5.56 Å². The van der Waals surface area contributed by atoms with Crippen LogP contribution in [-0.4, -0.2) is 15.5 Å². The number of aryl methyl sites for hydroxylation is 1. The van der Waals surface area contributed by atoms with Crippen molar-refractivity contribution in [2.45, 2.75) is 46.6 Å². The van der Waals surface area contributed by atoms with Crippen LogP contribution < -0.4 is 5.56 Å². The number of aromatic hydroxyl groups is 1. The van der Waals surface area contributed by atoms with Crippen molar-refractivity contribution in [1.29, 1.82) is 5.26 Å². The van der Waals surface area contributed by atoms with Crippen molar-refractivity contribution >= 4 is 5.78 Å². The molecule has 5 nitrogen and oxygen atoms in total. The number of hydrogen-bond acceptors (Lipinski definition) is 4. The monoisotopic (exact) mass is 338 g/mol. The van der Waals surface area contributed by atoms with Crippen molar-refractivity contribution < 1.29 is 9.90 Å². The lowest BCUT2D eigenvalue weighted by Crippen LogP contribution is -2.27. The zero-order chi connectivity index (χ0) is 18.6. The second kappa shape index (κ2) is 7.80. The van der Waals surface area contributed by atoms with E-state index in [1.165, 1.54) is 6.92 Å². The Kier molecular flexibility index (Phi) is 5.76. The minimum absolute atomic E-state index is 0.0296. The molecule has 0 aliphatic carbocycles. The standard InChI is InChI=1S/C20H22N2O3/c1-4-5-8-11-22-19(24)16(12-21)14(3)17(20(22)25)18(23)15-10-7-6-9-13(15)2/h6-7,9-10,25H,4-5,8,11H2,1-3H3. The number of nitrogens with zero attached hydrogens (tertiary/aromatic N) is 2. The molecule has 25 heavy (non-hydrogen) atoms. The molecule has 1 aromatic carbocycles. The Labute approximate surface area is 147 Å². The second-order valence-electron chi connectivity index (χ2n) is 6.12. The lowest BCUT2D eigenvalue weighted by Gasteiger charge is -2.16. The van der Waals surface area contributed by atoms with Crippen molar-refractivity contribution in [2.24, 2.45) is 0 Å². The Balaban J connectivity index is 2.67. The highest BCUT2D eigenvalue weighted by Gasteiger charge is 2.25. The molecule has 2 aromatic rings. The summed E-state index contributed by atoms with van der Waals surface area (Å²) in [4.78, 5) is 25.5. The predicted octanol–water partition coefficient (Wildman–Crippen LogP) is 3.46. The van der Waals surface area contributed by atoms with Gasteiger partial charge in [-0.15, -0.1) is 0 Å². The predicted molar refractivity (Wildman–Crippen MR) is 96.0 cm³/mol. The molecule has 130 valence electrons. The van der Waals surface area contributed by atoms with Gasteiger partial charge in [0.05, 0.1) is 5.56 Å². The minimum atomic E-state index is -0.546. The average Bonchev–Trinajstić information content (AvgIpc) is 2.58. The summed E-state index contributed by atoms with van der Waals surface area (Å²) in [7, 11) is 0. The van der Waals surface area contributed by atoms with Gasteiger partial charge in [-0.25, -0.2) is 0 Å². The molecule has 0 aliphatic heterocycles. The molecule has 0 bridgehead atoms. The van der Waals surface area contributed by atoms with Gasteiger partial charge in [0.25, 0.3) is 5.56 Å². The number of carbonyl (C=O) groups excluding carboxylic acids is 1. The van der Waals surface area contributed by atoms with Gasteiger partial charge in [0.15, 0.2) is 5.78 Å². The average molecular weight is 338 g/mol. The first-order valence-electron chi connectivity index (χ1n) is 8.40. The summed E-state index contributed by atoms with van der Waals surface area (Å²) in [6.07, 6.45) is 2.54. The third-order valence-corrected chi connectivity index (χ3v) is 4.40. The SMILES string of the molecule is CCCCCn1c(O)c(C(=O)c2ccccc2C)c(C)c(C#N)c1=O. The first kappa shape index (κ1) is 18.5. The fourth-order valence-electron chi connectivity index (χ4n) is 2.91. The molecule has 0 radical (unpaired) electrons. The van der Waals surface area contributed by atoms with Gasteiger partial charge in [-0.1, -0.05) is 44.0 Å². The van der Waals surface area contributed by atoms with Crippen LogP contribution in [0.5, 0.6) is 5.88 Å². The largest absolute Gasteiger partial charge is 0.494 e. The third kappa shape index (κ3) is 3.48. The van der Waals surface area contributed by atoms with E-state index in [9.17, 15) is 20.0 Å². The van der Waals surface area contributed by atoms with Gasteiger partial charge in [0, 0.05) is 12.1 Å². The number of carbonyl (C=O) groups is 1. The van der Waals surface area contributed by atoms with Crippen molar-refractivity contribution in [1.82, 2.24) is 4.57 Å². The molecule has 0 unspecified atom stereocenters. The van der Waals surface area contributed by atoms with Gasteiger partial charge < -0.3 is 5.11 Å². The number of pyridine rings is 1. The summed E-state index contributed by atoms with van der Waals surface area (Å²) in [5.41, 5.74) is 0.838. The first-order valence-corrected chi connectivity index (χ1v) is 8.40. The summed E-state index contributed by atoms with van der Waals surface area (Å²) < 4.78 is 1.15. The normalized spacial score (nSPS) is 10.5. The Morgan fingerprint density at radius 3 is 2.52 bits per heavy atom. The molecule has 0 saturated heterocycles. The molecule has 0 amide bonds. The number of aromatic nitrogens is 1. The number of nitriles is 1. The summed E-state index contributed by atoms with van der Waals surface area (Å²) in [5.74, 6) is -0.736. The maximum atomic E-state index is 13.0. The van der Waals surface area contributed by atoms with Crippen LogP contribution in [-0.2, 0) is 6.54 Å². The summed E-state index contributed by atoms with van der Waals surface area (Å²) in [6, 6.07) is 8.94. The number of unbranched alkanes of at least 4 members (excludes halogenated alkanes) is 2. The Morgan fingerprint density at radius 1 is 1.24 bits per heavy atom. The van der Waals surface area contributed by atoms with Crippen LogP contribution in [0.3, 0.4) is 0 Å². The van der Waals surface area contributed by atoms with Crippen molar-refractivity contribution in [3.63, 3.8) is 0 Å². The van der Waals surface area contributed by atoms with Crippen molar-refractivity contribution in [3.8, 4) is 11.9 Å². The van der Waals surface area contributed by atoms with E-state index in [1.807, 2.05) is 32.0 Å². The molecule has 1 heterocycles. The number of ketones is 1. The highest BCUT2D eigenvalue weighted by molar-refractivity contribution is 6.12. The second-order valence-corrected chi connectivity index (χ2v) is 6.12. The molecule has 2 rings (SSSR count). The van der Waals surface area contributed by atoms with Crippen molar-refractivity contribution in [3.05, 3.63) is 62.4 Å². The van der Waals surface area contributed by atoms with Gasteiger partial charge in [-0.3, -0.25) is 14.2 Å². The molecule has 1 aromatic heterocycles. The van der Waals surface area contributed by atoms with Crippen LogP contribution in [0.1, 0.15) is 58.8 Å². The molecule has 0 atom stereocenters. The molecule has 1 N–H and O–H groups in total. The Hall–Kier alpha value is -2.87. The fourth-order valence-corrected chi connectivity index (χ4v) is 2.91. The minimum Gasteiger partial charge on any atom is -0.494 e. The van der Waals surface area contributed by atoms with Crippen molar-refractivity contribution in [2.75, 3.05) is 0 Å². The van der Waals surface area contributed by atoms with E-state index in [-0.39, 0.29) is 34.9 Å². The third-order valence-electron chi connectivity index (χ3n) is 4.40. The van der Waals surface area contributed by atoms with Crippen LogP contribution in [0, 0.1) is 25.2 Å². The quantitative estimate of drug-likeness (QED) is 0.646. The van der Waals surface area contributed by atoms with Gasteiger partial charge in [0.2, 0.25) is 5.88 Å². The smallest absolute Gasteiger partial charge is 0.271 e. The highest BCUT2D eigenvalue weighted by atomic mass is 16.3. The van der Waals surface area contributed by atoms with Crippen LogP contribution in [0.25, 0.3) is 0 Å². The molecule has 0 spiro atoms. The molecule has 0 saturated carbocycles. The lowest BCUT2D eigenvalue weighted by molar-refractivity contribution is 0.103. The number of benzene rings is 1. The Morgan fingerprint density at radius 2 is 1.92 bits per heavy atom. The van der Waals surface area contributed by atoms with E-state index in [1.54, 1.807) is 12.1 Å². The summed E-state index contributed by atoms with van der Waals surface area (Å²) in [6.45, 7) is 5.65. The van der Waals surface area contributed by atoms with E-state index in [4.69, 9.17) is 0 Å². The summed E-state index contributed by atoms with van der Waals surface area (Å²) in [5, 5.41) is 20.0. The molecular formula is C20H22N2O3. The Bertz CT molecular complexity index is 904. The zero-order valence-electron chi connectivity index (χ0n) is 14.8. The van der Waals surface area contributed by atoms with Gasteiger partial charge in [0.1, 0.15) is 11.6 Å². The number of rotatable bonds is 6. The van der Waals surface area contributed by atoms with Crippen LogP contribution in [0.4, 0.5) is 0 Å². The van der Waals surface area contributed by atoms with Crippen LogP contribution in [0.2, 0.25) is 0 Å². The maximum absolute atomic E-state index is 13.0.